The van der Waals surface area contributed by atoms with Crippen molar-refractivity contribution in [1.29, 1.82) is 0 Å². The van der Waals surface area contributed by atoms with E-state index in [1.165, 1.54) is 5.56 Å². The van der Waals surface area contributed by atoms with Crippen LogP contribution in [-0.4, -0.2) is 13.2 Å². The molecule has 2 heterocycles. The Morgan fingerprint density at radius 1 is 1.05 bits per heavy atom. The van der Waals surface area contributed by atoms with E-state index in [2.05, 4.69) is 59.2 Å². The van der Waals surface area contributed by atoms with Crippen molar-refractivity contribution in [2.45, 2.75) is 4.83 Å². The van der Waals surface area contributed by atoms with Crippen LogP contribution in [0.2, 0.25) is 0 Å². The molecule has 100 valence electrons. The largest absolute Gasteiger partial charge is 0.486 e. The molecule has 0 N–H and O–H groups in total. The molecule has 2 nitrogen and oxygen atoms in total. The van der Waals surface area contributed by atoms with Gasteiger partial charge in [-0.05, 0) is 50.6 Å². The number of fused-ring (bicyclic) bond motifs is 1. The number of rotatable bonds is 2. The second-order valence-corrected chi connectivity index (χ2v) is 8.12. The maximum Gasteiger partial charge on any atom is 0.162 e. The van der Waals surface area contributed by atoms with Gasteiger partial charge in [-0.1, -0.05) is 31.9 Å². The van der Waals surface area contributed by atoms with Crippen LogP contribution in [0.3, 0.4) is 0 Å². The fourth-order valence-electron chi connectivity index (χ4n) is 1.91. The van der Waals surface area contributed by atoms with Gasteiger partial charge in [0.2, 0.25) is 0 Å². The summed E-state index contributed by atoms with van der Waals surface area (Å²) in [5.74, 6) is 1.61. The molecule has 6 heteroatoms. The molecule has 1 aromatic heterocycles. The molecule has 1 aliphatic rings. The van der Waals surface area contributed by atoms with E-state index >= 15 is 0 Å². The fraction of sp³-hybridized carbons (Fsp3) is 0.231. The summed E-state index contributed by atoms with van der Waals surface area (Å²) in [6, 6.07) is 6.12. The Balaban J connectivity index is 2.00. The molecule has 1 aromatic carbocycles. The van der Waals surface area contributed by atoms with Gasteiger partial charge in [0.15, 0.2) is 11.5 Å². The highest BCUT2D eigenvalue weighted by Gasteiger charge is 2.20. The predicted molar refractivity (Wildman–Crippen MR) is 87.9 cm³/mol. The summed E-state index contributed by atoms with van der Waals surface area (Å²) in [5.41, 5.74) is 2.35. The molecule has 3 rings (SSSR count). The van der Waals surface area contributed by atoms with E-state index in [4.69, 9.17) is 9.47 Å². The molecule has 0 saturated heterocycles. The molecule has 1 atom stereocenters. The van der Waals surface area contributed by atoms with Crippen molar-refractivity contribution >= 4 is 59.1 Å². The molecular formula is C13H9Br3O2S. The van der Waals surface area contributed by atoms with Gasteiger partial charge < -0.3 is 9.47 Å². The Morgan fingerprint density at radius 2 is 1.74 bits per heavy atom. The Bertz CT molecular complexity index is 612. The molecule has 0 fully saturated rings. The van der Waals surface area contributed by atoms with E-state index in [1.807, 2.05) is 12.1 Å². The number of ether oxygens (including phenoxy) is 2. The molecule has 0 aliphatic carbocycles. The lowest BCUT2D eigenvalue weighted by Crippen LogP contribution is -2.15. The summed E-state index contributed by atoms with van der Waals surface area (Å²) >= 11 is 12.5. The molecule has 0 radical (unpaired) electrons. The zero-order chi connectivity index (χ0) is 13.4. The SMILES string of the molecule is Brc1cc(C(Br)c2cc3c(cc2Br)OCCO3)cs1. The van der Waals surface area contributed by atoms with Gasteiger partial charge in [0.1, 0.15) is 13.2 Å². The minimum atomic E-state index is 0.125. The van der Waals surface area contributed by atoms with Crippen molar-refractivity contribution in [1.82, 2.24) is 0 Å². The van der Waals surface area contributed by atoms with Crippen molar-refractivity contribution in [2.24, 2.45) is 0 Å². The molecular weight excluding hydrogens is 460 g/mol. The predicted octanol–water partition coefficient (Wildman–Crippen LogP) is 5.53. The average molecular weight is 469 g/mol. The molecule has 0 spiro atoms. The zero-order valence-corrected chi connectivity index (χ0v) is 15.2. The highest BCUT2D eigenvalue weighted by Crippen LogP contribution is 2.43. The van der Waals surface area contributed by atoms with Gasteiger partial charge in [-0.15, -0.1) is 11.3 Å². The highest BCUT2D eigenvalue weighted by molar-refractivity contribution is 9.11. The lowest BCUT2D eigenvalue weighted by Gasteiger charge is -2.21. The van der Waals surface area contributed by atoms with Gasteiger partial charge in [-0.2, -0.15) is 0 Å². The van der Waals surface area contributed by atoms with E-state index in [1.54, 1.807) is 11.3 Å². The Labute approximate surface area is 140 Å². The third-order valence-electron chi connectivity index (χ3n) is 2.81. The van der Waals surface area contributed by atoms with Crippen LogP contribution in [0.15, 0.2) is 31.8 Å². The standard InChI is InChI=1S/C13H9Br3O2S/c14-9-5-11-10(17-1-2-18-11)4-8(9)13(16)7-3-12(15)19-6-7/h3-6,13H,1-2H2. The smallest absolute Gasteiger partial charge is 0.162 e. The van der Waals surface area contributed by atoms with Crippen LogP contribution in [0, 0.1) is 0 Å². The minimum absolute atomic E-state index is 0.125. The molecule has 2 aromatic rings. The van der Waals surface area contributed by atoms with Gasteiger partial charge >= 0.3 is 0 Å². The number of hydrogen-bond acceptors (Lipinski definition) is 3. The quantitative estimate of drug-likeness (QED) is 0.540. The monoisotopic (exact) mass is 466 g/mol. The molecule has 0 amide bonds. The second-order valence-electron chi connectivity index (χ2n) is 4.06. The number of halogens is 3. The van der Waals surface area contributed by atoms with Gasteiger partial charge in [-0.3, -0.25) is 0 Å². The summed E-state index contributed by atoms with van der Waals surface area (Å²) in [6.07, 6.45) is 0. The van der Waals surface area contributed by atoms with Gasteiger partial charge in [0.25, 0.3) is 0 Å². The Kier molecular flexibility index (Phi) is 4.22. The van der Waals surface area contributed by atoms with E-state index in [-0.39, 0.29) is 4.83 Å². The molecule has 0 saturated carbocycles. The van der Waals surface area contributed by atoms with E-state index in [9.17, 15) is 0 Å². The molecule has 19 heavy (non-hydrogen) atoms. The summed E-state index contributed by atoms with van der Waals surface area (Å²) in [5, 5.41) is 2.13. The Morgan fingerprint density at radius 3 is 2.37 bits per heavy atom. The van der Waals surface area contributed by atoms with E-state index in [0.29, 0.717) is 13.2 Å². The van der Waals surface area contributed by atoms with Crippen molar-refractivity contribution < 1.29 is 9.47 Å². The number of benzene rings is 1. The Hall–Kier alpha value is -0.0400. The first-order valence-electron chi connectivity index (χ1n) is 5.62. The van der Waals surface area contributed by atoms with Gasteiger partial charge in [0, 0.05) is 4.47 Å². The van der Waals surface area contributed by atoms with Crippen LogP contribution >= 0.6 is 59.1 Å². The lowest BCUT2D eigenvalue weighted by molar-refractivity contribution is 0.171. The van der Waals surface area contributed by atoms with Crippen LogP contribution < -0.4 is 9.47 Å². The topological polar surface area (TPSA) is 18.5 Å². The van der Waals surface area contributed by atoms with Crippen molar-refractivity contribution in [2.75, 3.05) is 13.2 Å². The first-order chi connectivity index (χ1) is 9.15. The lowest BCUT2D eigenvalue weighted by atomic mass is 10.1. The van der Waals surface area contributed by atoms with Crippen LogP contribution in [-0.2, 0) is 0 Å². The average Bonchev–Trinajstić information content (AvgIpc) is 2.84. The van der Waals surface area contributed by atoms with Gasteiger partial charge in [-0.25, -0.2) is 0 Å². The summed E-state index contributed by atoms with van der Waals surface area (Å²) in [4.78, 5) is 0.125. The first kappa shape index (κ1) is 13.9. The van der Waals surface area contributed by atoms with Crippen LogP contribution in [0.1, 0.15) is 16.0 Å². The summed E-state index contributed by atoms with van der Waals surface area (Å²) < 4.78 is 13.4. The zero-order valence-electron chi connectivity index (χ0n) is 9.66. The maximum atomic E-state index is 5.64. The second kappa shape index (κ2) is 5.76. The normalized spacial score (nSPS) is 15.3. The summed E-state index contributed by atoms with van der Waals surface area (Å²) in [6.45, 7) is 1.21. The van der Waals surface area contributed by atoms with Crippen LogP contribution in [0.5, 0.6) is 11.5 Å². The molecule has 0 bridgehead atoms. The van der Waals surface area contributed by atoms with Crippen LogP contribution in [0.25, 0.3) is 0 Å². The summed E-state index contributed by atoms with van der Waals surface area (Å²) in [7, 11) is 0. The van der Waals surface area contributed by atoms with Crippen molar-refractivity contribution in [3.63, 3.8) is 0 Å². The molecule has 1 unspecified atom stereocenters. The number of thiophene rings is 1. The van der Waals surface area contributed by atoms with E-state index < -0.39 is 0 Å². The third kappa shape index (κ3) is 2.86. The number of alkyl halides is 1. The van der Waals surface area contributed by atoms with Crippen molar-refractivity contribution in [3.05, 3.63) is 43.0 Å². The maximum absolute atomic E-state index is 5.64. The van der Waals surface area contributed by atoms with Gasteiger partial charge in [0.05, 0.1) is 8.61 Å². The van der Waals surface area contributed by atoms with Crippen LogP contribution in [0.4, 0.5) is 0 Å². The van der Waals surface area contributed by atoms with E-state index in [0.717, 1.165) is 25.3 Å². The highest BCUT2D eigenvalue weighted by atomic mass is 79.9. The molecule has 1 aliphatic heterocycles. The van der Waals surface area contributed by atoms with Crippen molar-refractivity contribution in [3.8, 4) is 11.5 Å². The fourth-order valence-corrected chi connectivity index (χ4v) is 4.79. The third-order valence-corrected chi connectivity index (χ3v) is 6.05. The number of hydrogen-bond donors (Lipinski definition) is 0. The first-order valence-corrected chi connectivity index (χ1v) is 9.00. The minimum Gasteiger partial charge on any atom is -0.486 e.